The van der Waals surface area contributed by atoms with E-state index in [1.807, 2.05) is 25.9 Å². The molecule has 0 aliphatic heterocycles. The Bertz CT molecular complexity index is 406. The number of nitrogens with zero attached hydrogens (tertiary/aromatic N) is 2. The van der Waals surface area contributed by atoms with Gasteiger partial charge in [-0.2, -0.15) is 4.98 Å². The molecule has 0 aliphatic rings. The summed E-state index contributed by atoms with van der Waals surface area (Å²) in [7, 11) is 5.48. The number of amides is 1. The molecule has 1 rings (SSSR count). The quantitative estimate of drug-likeness (QED) is 0.741. The summed E-state index contributed by atoms with van der Waals surface area (Å²) >= 11 is 1.56. The molecule has 1 heterocycles. The molecule has 0 unspecified atom stereocenters. The van der Waals surface area contributed by atoms with Gasteiger partial charge >= 0.3 is 0 Å². The van der Waals surface area contributed by atoms with Gasteiger partial charge in [-0.3, -0.25) is 4.79 Å². The van der Waals surface area contributed by atoms with Crippen LogP contribution < -0.4 is 20.3 Å². The maximum Gasteiger partial charge on any atom is 0.233 e. The topological polar surface area (TPSA) is 66.5 Å². The fourth-order valence-corrected chi connectivity index (χ4v) is 2.33. The van der Waals surface area contributed by atoms with Crippen LogP contribution in [-0.4, -0.2) is 45.2 Å². The smallest absolute Gasteiger partial charge is 0.233 e. The average Bonchev–Trinajstić information content (AvgIpc) is 2.80. The molecule has 0 saturated heterocycles. The molecule has 1 amide bonds. The SMILES string of the molecule is CCCNC(=O)CNCc1sc(N(C)C)nc1OC. The maximum atomic E-state index is 11.4. The van der Waals surface area contributed by atoms with E-state index < -0.39 is 0 Å². The Kier molecular flexibility index (Phi) is 6.58. The number of anilines is 1. The molecule has 0 fully saturated rings. The number of hydrogen-bond acceptors (Lipinski definition) is 6. The average molecular weight is 286 g/mol. The monoisotopic (exact) mass is 286 g/mol. The van der Waals surface area contributed by atoms with Crippen molar-refractivity contribution in [3.05, 3.63) is 4.88 Å². The third kappa shape index (κ3) is 5.04. The first kappa shape index (κ1) is 15.7. The Morgan fingerprint density at radius 3 is 2.79 bits per heavy atom. The second kappa shape index (κ2) is 7.96. The molecule has 6 nitrogen and oxygen atoms in total. The molecule has 19 heavy (non-hydrogen) atoms. The van der Waals surface area contributed by atoms with Gasteiger partial charge in [0.25, 0.3) is 0 Å². The first-order chi connectivity index (χ1) is 9.08. The summed E-state index contributed by atoms with van der Waals surface area (Å²) in [5.74, 6) is 0.633. The van der Waals surface area contributed by atoms with Gasteiger partial charge in [-0.05, 0) is 6.42 Å². The lowest BCUT2D eigenvalue weighted by molar-refractivity contribution is -0.120. The lowest BCUT2D eigenvalue weighted by atomic mass is 10.4. The zero-order valence-corrected chi connectivity index (χ0v) is 12.8. The van der Waals surface area contributed by atoms with Crippen molar-refractivity contribution in [3.8, 4) is 5.88 Å². The minimum absolute atomic E-state index is 0.0122. The van der Waals surface area contributed by atoms with E-state index in [9.17, 15) is 4.79 Å². The third-order valence-corrected chi connectivity index (χ3v) is 3.57. The van der Waals surface area contributed by atoms with Crippen LogP contribution in [0.4, 0.5) is 5.13 Å². The van der Waals surface area contributed by atoms with Crippen LogP contribution in [0.25, 0.3) is 0 Å². The van der Waals surface area contributed by atoms with Gasteiger partial charge < -0.3 is 20.3 Å². The van der Waals surface area contributed by atoms with E-state index in [4.69, 9.17) is 4.74 Å². The molecule has 7 heteroatoms. The standard InChI is InChI=1S/C12H22N4O2S/c1-5-6-14-10(17)8-13-7-9-11(18-4)15-12(19-9)16(2)3/h13H,5-8H2,1-4H3,(H,14,17). The number of aromatic nitrogens is 1. The van der Waals surface area contributed by atoms with Crippen molar-refractivity contribution in [2.24, 2.45) is 0 Å². The Balaban J connectivity index is 2.46. The highest BCUT2D eigenvalue weighted by Crippen LogP contribution is 2.29. The number of hydrogen-bond donors (Lipinski definition) is 2. The molecule has 0 atom stereocenters. The number of carbonyl (C=O) groups excluding carboxylic acids is 1. The first-order valence-corrected chi connectivity index (χ1v) is 7.08. The predicted octanol–water partition coefficient (Wildman–Crippen LogP) is 0.833. The van der Waals surface area contributed by atoms with E-state index in [2.05, 4.69) is 15.6 Å². The van der Waals surface area contributed by atoms with Crippen molar-refractivity contribution in [3.63, 3.8) is 0 Å². The first-order valence-electron chi connectivity index (χ1n) is 6.26. The largest absolute Gasteiger partial charge is 0.480 e. The van der Waals surface area contributed by atoms with Crippen LogP contribution in [0.15, 0.2) is 0 Å². The molecule has 1 aromatic rings. The van der Waals surface area contributed by atoms with Crippen molar-refractivity contribution < 1.29 is 9.53 Å². The van der Waals surface area contributed by atoms with Crippen LogP contribution in [0.1, 0.15) is 18.2 Å². The molecular formula is C12H22N4O2S. The highest BCUT2D eigenvalue weighted by atomic mass is 32.1. The summed E-state index contributed by atoms with van der Waals surface area (Å²) in [5.41, 5.74) is 0. The fraction of sp³-hybridized carbons (Fsp3) is 0.667. The molecule has 0 saturated carbocycles. The summed E-state index contributed by atoms with van der Waals surface area (Å²) in [5, 5.41) is 6.81. The van der Waals surface area contributed by atoms with Crippen molar-refractivity contribution in [1.29, 1.82) is 0 Å². The summed E-state index contributed by atoms with van der Waals surface area (Å²) < 4.78 is 5.23. The Hall–Kier alpha value is -1.34. The van der Waals surface area contributed by atoms with E-state index in [1.165, 1.54) is 0 Å². The van der Waals surface area contributed by atoms with Crippen LogP contribution in [0.3, 0.4) is 0 Å². The number of ether oxygens (including phenoxy) is 1. The second-order valence-electron chi connectivity index (χ2n) is 4.28. The Morgan fingerprint density at radius 2 is 2.21 bits per heavy atom. The van der Waals surface area contributed by atoms with Gasteiger partial charge in [-0.1, -0.05) is 18.3 Å². The van der Waals surface area contributed by atoms with Crippen LogP contribution in [0, 0.1) is 0 Å². The van der Waals surface area contributed by atoms with Crippen LogP contribution in [-0.2, 0) is 11.3 Å². The molecule has 0 aliphatic carbocycles. The lowest BCUT2D eigenvalue weighted by Crippen LogP contribution is -2.33. The molecule has 0 spiro atoms. The van der Waals surface area contributed by atoms with Gasteiger partial charge in [0, 0.05) is 27.2 Å². The van der Waals surface area contributed by atoms with Gasteiger partial charge in [0.1, 0.15) is 0 Å². The Labute approximate surface area is 118 Å². The predicted molar refractivity (Wildman–Crippen MR) is 78.0 cm³/mol. The summed E-state index contributed by atoms with van der Waals surface area (Å²) in [6, 6.07) is 0. The normalized spacial score (nSPS) is 10.3. The number of methoxy groups -OCH3 is 1. The maximum absolute atomic E-state index is 11.4. The number of nitrogens with one attached hydrogen (secondary N) is 2. The Morgan fingerprint density at radius 1 is 1.47 bits per heavy atom. The highest BCUT2D eigenvalue weighted by molar-refractivity contribution is 7.15. The molecule has 1 aromatic heterocycles. The van der Waals surface area contributed by atoms with Crippen molar-refractivity contribution in [1.82, 2.24) is 15.6 Å². The molecule has 2 N–H and O–H groups in total. The van der Waals surface area contributed by atoms with Gasteiger partial charge in [-0.15, -0.1) is 0 Å². The number of thiazole rings is 1. The third-order valence-electron chi connectivity index (χ3n) is 2.37. The van der Waals surface area contributed by atoms with Crippen LogP contribution in [0.2, 0.25) is 0 Å². The summed E-state index contributed by atoms with van der Waals surface area (Å²) in [6.07, 6.45) is 0.945. The molecule has 108 valence electrons. The van der Waals surface area contributed by atoms with Crippen molar-refractivity contribution in [2.45, 2.75) is 19.9 Å². The van der Waals surface area contributed by atoms with E-state index in [0.29, 0.717) is 19.0 Å². The molecule has 0 bridgehead atoms. The highest BCUT2D eigenvalue weighted by Gasteiger charge is 2.13. The van der Waals surface area contributed by atoms with E-state index in [0.717, 1.165) is 23.0 Å². The minimum Gasteiger partial charge on any atom is -0.480 e. The van der Waals surface area contributed by atoms with Crippen LogP contribution in [0.5, 0.6) is 5.88 Å². The van der Waals surface area contributed by atoms with E-state index in [1.54, 1.807) is 18.4 Å². The fourth-order valence-electron chi connectivity index (χ4n) is 1.40. The van der Waals surface area contributed by atoms with Crippen molar-refractivity contribution >= 4 is 22.4 Å². The van der Waals surface area contributed by atoms with E-state index in [-0.39, 0.29) is 5.91 Å². The zero-order valence-electron chi connectivity index (χ0n) is 11.9. The summed E-state index contributed by atoms with van der Waals surface area (Å²) in [4.78, 5) is 18.7. The minimum atomic E-state index is 0.0122. The lowest BCUT2D eigenvalue weighted by Gasteiger charge is -2.05. The molecule has 0 radical (unpaired) electrons. The van der Waals surface area contributed by atoms with Gasteiger partial charge in [0.2, 0.25) is 11.8 Å². The van der Waals surface area contributed by atoms with Crippen LogP contribution >= 0.6 is 11.3 Å². The van der Waals surface area contributed by atoms with Gasteiger partial charge in [0.15, 0.2) is 5.13 Å². The van der Waals surface area contributed by atoms with Crippen molar-refractivity contribution in [2.75, 3.05) is 39.2 Å². The second-order valence-corrected chi connectivity index (χ2v) is 5.34. The molecular weight excluding hydrogens is 264 g/mol. The number of rotatable bonds is 8. The molecule has 0 aromatic carbocycles. The zero-order chi connectivity index (χ0) is 14.3. The van der Waals surface area contributed by atoms with Gasteiger partial charge in [-0.25, -0.2) is 0 Å². The summed E-state index contributed by atoms with van der Waals surface area (Å²) in [6.45, 7) is 3.63. The number of carbonyl (C=O) groups is 1. The van der Waals surface area contributed by atoms with E-state index >= 15 is 0 Å². The van der Waals surface area contributed by atoms with Gasteiger partial charge in [0.05, 0.1) is 18.5 Å².